The lowest BCUT2D eigenvalue weighted by atomic mass is 10.4. The molecule has 18 heavy (non-hydrogen) atoms. The number of nitrogens with one attached hydrogen (secondary N) is 1. The number of ether oxygens (including phenoxy) is 1. The van der Waals surface area contributed by atoms with Gasteiger partial charge in [0.15, 0.2) is 0 Å². The molecule has 6 nitrogen and oxygen atoms in total. The average molecular weight is 244 g/mol. The molecule has 0 atom stereocenters. The van der Waals surface area contributed by atoms with E-state index in [2.05, 4.69) is 20.3 Å². The number of hydrogen-bond donors (Lipinski definition) is 1. The van der Waals surface area contributed by atoms with Gasteiger partial charge in [-0.1, -0.05) is 6.07 Å². The third kappa shape index (κ3) is 3.00. The van der Waals surface area contributed by atoms with Crippen LogP contribution in [0.2, 0.25) is 0 Å². The summed E-state index contributed by atoms with van der Waals surface area (Å²) in [7, 11) is 0. The van der Waals surface area contributed by atoms with Crippen molar-refractivity contribution in [1.29, 1.82) is 0 Å². The van der Waals surface area contributed by atoms with E-state index < -0.39 is 0 Å². The smallest absolute Gasteiger partial charge is 0.277 e. The largest absolute Gasteiger partial charge is 0.478 e. The van der Waals surface area contributed by atoms with Gasteiger partial charge < -0.3 is 10.1 Å². The summed E-state index contributed by atoms with van der Waals surface area (Å²) in [5.41, 5.74) is 0.237. The summed E-state index contributed by atoms with van der Waals surface area (Å²) in [6, 6.07) is 5.16. The molecule has 1 N–H and O–H groups in total. The van der Waals surface area contributed by atoms with Crippen molar-refractivity contribution in [3.63, 3.8) is 0 Å². The molecule has 0 aromatic carbocycles. The second-order valence-electron chi connectivity index (χ2n) is 3.34. The molecule has 0 bridgehead atoms. The van der Waals surface area contributed by atoms with Crippen molar-refractivity contribution in [2.24, 2.45) is 0 Å². The highest BCUT2D eigenvalue weighted by atomic mass is 16.5. The van der Waals surface area contributed by atoms with E-state index in [0.29, 0.717) is 18.3 Å². The standard InChI is InChI=1S/C12H12N4O2/c1-2-18-11-5-3-4-10(15-11)16-12(17)9-8-13-6-7-14-9/h3-8H,2H2,1H3,(H,15,16,17). The van der Waals surface area contributed by atoms with Gasteiger partial charge in [-0.05, 0) is 13.0 Å². The summed E-state index contributed by atoms with van der Waals surface area (Å²) in [6.45, 7) is 2.39. The Kier molecular flexibility index (Phi) is 3.80. The molecule has 92 valence electrons. The van der Waals surface area contributed by atoms with Crippen LogP contribution in [-0.2, 0) is 0 Å². The van der Waals surface area contributed by atoms with Crippen LogP contribution >= 0.6 is 0 Å². The van der Waals surface area contributed by atoms with Crippen molar-refractivity contribution in [1.82, 2.24) is 15.0 Å². The van der Waals surface area contributed by atoms with Gasteiger partial charge in [-0.2, -0.15) is 4.98 Å². The topological polar surface area (TPSA) is 77.0 Å². The third-order valence-electron chi connectivity index (χ3n) is 2.05. The van der Waals surface area contributed by atoms with E-state index in [9.17, 15) is 4.79 Å². The molecule has 0 fully saturated rings. The molecule has 1 amide bonds. The highest BCUT2D eigenvalue weighted by Gasteiger charge is 2.08. The van der Waals surface area contributed by atoms with Crippen LogP contribution in [-0.4, -0.2) is 27.5 Å². The maximum atomic E-state index is 11.8. The van der Waals surface area contributed by atoms with E-state index in [1.807, 2.05) is 6.92 Å². The van der Waals surface area contributed by atoms with Gasteiger partial charge >= 0.3 is 0 Å². The maximum Gasteiger partial charge on any atom is 0.277 e. The molecular weight excluding hydrogens is 232 g/mol. The number of amides is 1. The summed E-state index contributed by atoms with van der Waals surface area (Å²) in [5.74, 6) is 0.523. The SMILES string of the molecule is CCOc1cccc(NC(=O)c2cnccn2)n1. The Bertz CT molecular complexity index is 531. The Balaban J connectivity index is 2.10. The highest BCUT2D eigenvalue weighted by Crippen LogP contribution is 2.11. The first-order chi connectivity index (χ1) is 8.79. The number of hydrogen-bond acceptors (Lipinski definition) is 5. The summed E-state index contributed by atoms with van der Waals surface area (Å²) < 4.78 is 5.24. The molecule has 0 saturated carbocycles. The summed E-state index contributed by atoms with van der Waals surface area (Å²) in [4.78, 5) is 23.6. The van der Waals surface area contributed by atoms with Gasteiger partial charge in [0.05, 0.1) is 12.8 Å². The number of carbonyl (C=O) groups is 1. The fourth-order valence-corrected chi connectivity index (χ4v) is 1.31. The van der Waals surface area contributed by atoms with Crippen molar-refractivity contribution in [2.75, 3.05) is 11.9 Å². The Hall–Kier alpha value is -2.50. The van der Waals surface area contributed by atoms with Gasteiger partial charge in [0, 0.05) is 18.5 Å². The van der Waals surface area contributed by atoms with Crippen molar-refractivity contribution >= 4 is 11.7 Å². The Morgan fingerprint density at radius 2 is 2.28 bits per heavy atom. The second-order valence-corrected chi connectivity index (χ2v) is 3.34. The zero-order valence-corrected chi connectivity index (χ0v) is 9.83. The summed E-state index contributed by atoms with van der Waals surface area (Å²) in [5, 5.41) is 2.62. The Morgan fingerprint density at radius 1 is 1.39 bits per heavy atom. The molecule has 6 heteroatoms. The minimum Gasteiger partial charge on any atom is -0.478 e. The molecule has 2 rings (SSSR count). The Morgan fingerprint density at radius 3 is 3.00 bits per heavy atom. The van der Waals surface area contributed by atoms with Crippen LogP contribution in [0.3, 0.4) is 0 Å². The number of rotatable bonds is 4. The summed E-state index contributed by atoms with van der Waals surface area (Å²) >= 11 is 0. The van der Waals surface area contributed by atoms with E-state index in [1.54, 1.807) is 18.2 Å². The number of carbonyl (C=O) groups excluding carboxylic acids is 1. The van der Waals surface area contributed by atoms with Crippen molar-refractivity contribution in [3.8, 4) is 5.88 Å². The van der Waals surface area contributed by atoms with Crippen LogP contribution in [0.5, 0.6) is 5.88 Å². The monoisotopic (exact) mass is 244 g/mol. The van der Waals surface area contributed by atoms with Gasteiger partial charge in [0.2, 0.25) is 5.88 Å². The van der Waals surface area contributed by atoms with Crippen LogP contribution < -0.4 is 10.1 Å². The number of anilines is 1. The first-order valence-electron chi connectivity index (χ1n) is 5.47. The molecule has 0 radical (unpaired) electrons. The molecule has 0 aliphatic carbocycles. The zero-order chi connectivity index (χ0) is 12.8. The normalized spacial score (nSPS) is 9.83. The van der Waals surface area contributed by atoms with Gasteiger partial charge in [-0.25, -0.2) is 4.98 Å². The highest BCUT2D eigenvalue weighted by molar-refractivity contribution is 6.02. The second kappa shape index (κ2) is 5.72. The molecule has 2 aromatic rings. The third-order valence-corrected chi connectivity index (χ3v) is 2.05. The van der Waals surface area contributed by atoms with Crippen LogP contribution in [0.15, 0.2) is 36.8 Å². The molecule has 0 saturated heterocycles. The zero-order valence-electron chi connectivity index (χ0n) is 9.83. The average Bonchev–Trinajstić information content (AvgIpc) is 2.40. The number of aromatic nitrogens is 3. The first-order valence-corrected chi connectivity index (χ1v) is 5.47. The van der Waals surface area contributed by atoms with E-state index in [4.69, 9.17) is 4.74 Å². The number of nitrogens with zero attached hydrogens (tertiary/aromatic N) is 3. The van der Waals surface area contributed by atoms with Crippen LogP contribution in [0.4, 0.5) is 5.82 Å². The minimum absolute atomic E-state index is 0.237. The van der Waals surface area contributed by atoms with Crippen molar-refractivity contribution in [3.05, 3.63) is 42.5 Å². The van der Waals surface area contributed by atoms with Crippen LogP contribution in [0.1, 0.15) is 17.4 Å². The maximum absolute atomic E-state index is 11.8. The fourth-order valence-electron chi connectivity index (χ4n) is 1.31. The molecule has 0 unspecified atom stereocenters. The van der Waals surface area contributed by atoms with Crippen molar-refractivity contribution < 1.29 is 9.53 Å². The molecule has 2 heterocycles. The Labute approximate surface area is 104 Å². The lowest BCUT2D eigenvalue weighted by Gasteiger charge is -2.06. The molecule has 2 aromatic heterocycles. The lowest BCUT2D eigenvalue weighted by molar-refractivity contribution is 0.102. The molecule has 0 spiro atoms. The van der Waals surface area contributed by atoms with Crippen LogP contribution in [0.25, 0.3) is 0 Å². The predicted molar refractivity (Wildman–Crippen MR) is 65.4 cm³/mol. The van der Waals surface area contributed by atoms with Gasteiger partial charge in [-0.3, -0.25) is 9.78 Å². The molecular formula is C12H12N4O2. The van der Waals surface area contributed by atoms with E-state index in [0.717, 1.165) is 0 Å². The summed E-state index contributed by atoms with van der Waals surface area (Å²) in [6.07, 6.45) is 4.35. The van der Waals surface area contributed by atoms with Crippen LogP contribution in [0, 0.1) is 0 Å². The molecule has 0 aliphatic rings. The first kappa shape index (κ1) is 12.0. The number of pyridine rings is 1. The van der Waals surface area contributed by atoms with E-state index >= 15 is 0 Å². The lowest BCUT2D eigenvalue weighted by Crippen LogP contribution is -2.14. The molecule has 0 aliphatic heterocycles. The fraction of sp³-hybridized carbons (Fsp3) is 0.167. The van der Waals surface area contributed by atoms with E-state index in [1.165, 1.54) is 18.6 Å². The van der Waals surface area contributed by atoms with Gasteiger partial charge in [-0.15, -0.1) is 0 Å². The predicted octanol–water partition coefficient (Wildman–Crippen LogP) is 1.52. The van der Waals surface area contributed by atoms with Crippen molar-refractivity contribution in [2.45, 2.75) is 6.92 Å². The van der Waals surface area contributed by atoms with E-state index in [-0.39, 0.29) is 11.6 Å². The van der Waals surface area contributed by atoms with Gasteiger partial charge in [0.25, 0.3) is 5.91 Å². The quantitative estimate of drug-likeness (QED) is 0.882. The van der Waals surface area contributed by atoms with Gasteiger partial charge in [0.1, 0.15) is 11.5 Å². The minimum atomic E-state index is -0.357.